The van der Waals surface area contributed by atoms with Gasteiger partial charge in [0.05, 0.1) is 27.0 Å². The van der Waals surface area contributed by atoms with Gasteiger partial charge in [0.2, 0.25) is 5.43 Å². The molecule has 0 aliphatic heterocycles. The van der Waals surface area contributed by atoms with Crippen LogP contribution in [0.4, 0.5) is 0 Å². The lowest BCUT2D eigenvalue weighted by molar-refractivity contribution is 0.371. The molecule has 0 aliphatic carbocycles. The van der Waals surface area contributed by atoms with Crippen LogP contribution in [0, 0.1) is 0 Å². The van der Waals surface area contributed by atoms with Crippen LogP contribution in [0.5, 0.6) is 17.2 Å². The molecule has 5 nitrogen and oxygen atoms in total. The Morgan fingerprint density at radius 2 is 1.71 bits per heavy atom. The van der Waals surface area contributed by atoms with Gasteiger partial charge in [-0.15, -0.1) is 0 Å². The summed E-state index contributed by atoms with van der Waals surface area (Å²) < 4.78 is 11.9. The summed E-state index contributed by atoms with van der Waals surface area (Å²) in [6, 6.07) is 4.52. The second-order valence-corrected chi connectivity index (χ2v) is 7.39. The third-order valence-corrected chi connectivity index (χ3v) is 5.40. The van der Waals surface area contributed by atoms with Crippen molar-refractivity contribution < 1.29 is 19.4 Å². The maximum Gasteiger partial charge on any atom is 0.200 e. The molecule has 0 atom stereocenters. The van der Waals surface area contributed by atoms with E-state index in [4.69, 9.17) is 9.15 Å². The number of aromatic hydroxyl groups is 2. The van der Waals surface area contributed by atoms with Gasteiger partial charge in [0.25, 0.3) is 0 Å². The second-order valence-electron chi connectivity index (χ2n) is 4.89. The summed E-state index contributed by atoms with van der Waals surface area (Å²) in [6.07, 6.45) is 1.33. The first-order valence-electron chi connectivity index (χ1n) is 6.54. The Labute approximate surface area is 161 Å². The largest absolute Gasteiger partial charge is 0.506 e. The Balaban J connectivity index is 2.33. The lowest BCUT2D eigenvalue weighted by Gasteiger charge is -2.10. The van der Waals surface area contributed by atoms with Crippen LogP contribution in [-0.2, 0) is 0 Å². The van der Waals surface area contributed by atoms with Crippen molar-refractivity contribution in [3.8, 4) is 28.4 Å². The van der Waals surface area contributed by atoms with Crippen molar-refractivity contribution in [3.63, 3.8) is 0 Å². The second kappa shape index (κ2) is 6.42. The molecule has 0 unspecified atom stereocenters. The average molecular weight is 521 g/mol. The van der Waals surface area contributed by atoms with E-state index < -0.39 is 0 Å². The topological polar surface area (TPSA) is 79.9 Å². The van der Waals surface area contributed by atoms with Crippen LogP contribution in [0.15, 0.2) is 47.1 Å². The molecule has 0 amide bonds. The molecule has 124 valence electrons. The summed E-state index contributed by atoms with van der Waals surface area (Å²) in [5.41, 5.74) is 0.795. The number of phenols is 2. The molecule has 0 saturated heterocycles. The zero-order valence-corrected chi connectivity index (χ0v) is 16.8. The first-order valence-corrected chi connectivity index (χ1v) is 8.92. The fourth-order valence-electron chi connectivity index (χ4n) is 2.32. The van der Waals surface area contributed by atoms with Gasteiger partial charge in [0.15, 0.2) is 17.1 Å². The summed E-state index contributed by atoms with van der Waals surface area (Å²) in [5.74, 6) is 0.0527. The summed E-state index contributed by atoms with van der Waals surface area (Å²) in [6.45, 7) is 0. The van der Waals surface area contributed by atoms with Gasteiger partial charge < -0.3 is 19.4 Å². The molecule has 8 heteroatoms. The number of hydrogen-bond acceptors (Lipinski definition) is 5. The van der Waals surface area contributed by atoms with Crippen molar-refractivity contribution in [2.45, 2.75) is 0 Å². The first kappa shape index (κ1) is 17.3. The minimum Gasteiger partial charge on any atom is -0.506 e. The zero-order chi connectivity index (χ0) is 17.6. The molecule has 1 aromatic heterocycles. The van der Waals surface area contributed by atoms with Crippen LogP contribution in [0.3, 0.4) is 0 Å². The molecule has 2 N–H and O–H groups in total. The van der Waals surface area contributed by atoms with Crippen molar-refractivity contribution in [2.75, 3.05) is 7.11 Å². The molecule has 24 heavy (non-hydrogen) atoms. The van der Waals surface area contributed by atoms with Crippen molar-refractivity contribution in [3.05, 3.63) is 48.1 Å². The molecule has 1 heterocycles. The minimum absolute atomic E-state index is 0.0362. The number of hydrogen-bond donors (Lipinski definition) is 2. The van der Waals surface area contributed by atoms with Crippen LogP contribution in [0.2, 0.25) is 0 Å². The van der Waals surface area contributed by atoms with E-state index in [-0.39, 0.29) is 33.6 Å². The van der Waals surface area contributed by atoms with Crippen LogP contribution in [0.1, 0.15) is 0 Å². The number of methoxy groups -OCH3 is 1. The predicted octanol–water partition coefficient (Wildman–Crippen LogP) is 5.17. The van der Waals surface area contributed by atoms with E-state index in [1.165, 1.54) is 19.4 Å². The van der Waals surface area contributed by atoms with E-state index in [2.05, 4.69) is 47.8 Å². The van der Waals surface area contributed by atoms with Gasteiger partial charge >= 0.3 is 0 Å². The maximum absolute atomic E-state index is 12.8. The molecule has 2 aromatic carbocycles. The molecular weight excluding hydrogens is 512 g/mol. The predicted molar refractivity (Wildman–Crippen MR) is 101 cm³/mol. The van der Waals surface area contributed by atoms with E-state index in [9.17, 15) is 15.0 Å². The standard InChI is InChI=1S/C16H9Br3O5/c1-23-16-11(20)4-7-13(21)8(5-24-15(7)12(16)19)6-2-9(17)14(22)10(18)3-6/h2-5,20,22H,1H3. The third-order valence-electron chi connectivity index (χ3n) is 3.47. The molecule has 0 aliphatic rings. The highest BCUT2D eigenvalue weighted by atomic mass is 79.9. The third kappa shape index (κ3) is 2.72. The lowest BCUT2D eigenvalue weighted by Crippen LogP contribution is -2.05. The average Bonchev–Trinajstić information content (AvgIpc) is 2.53. The zero-order valence-electron chi connectivity index (χ0n) is 12.1. The van der Waals surface area contributed by atoms with E-state index in [0.29, 0.717) is 24.5 Å². The van der Waals surface area contributed by atoms with Gasteiger partial charge in [-0.2, -0.15) is 0 Å². The number of halogens is 3. The molecule has 0 fully saturated rings. The molecule has 0 bridgehead atoms. The normalized spacial score (nSPS) is 11.0. The first-order chi connectivity index (χ1) is 11.3. The van der Waals surface area contributed by atoms with Gasteiger partial charge in [-0.3, -0.25) is 4.79 Å². The van der Waals surface area contributed by atoms with Crippen LogP contribution in [0.25, 0.3) is 22.1 Å². The number of fused-ring (bicyclic) bond motifs is 1. The fraction of sp³-hybridized carbons (Fsp3) is 0.0625. The SMILES string of the molecule is COc1c(O)cc2c(=O)c(-c3cc(Br)c(O)c(Br)c3)coc2c1Br. The van der Waals surface area contributed by atoms with Gasteiger partial charge in [-0.05, 0) is 71.6 Å². The number of phenolic OH excluding ortho intramolecular Hbond substituents is 2. The Bertz CT molecular complexity index is 1000. The van der Waals surface area contributed by atoms with Gasteiger partial charge in [-0.25, -0.2) is 0 Å². The van der Waals surface area contributed by atoms with Gasteiger partial charge in [0, 0.05) is 0 Å². The quantitative estimate of drug-likeness (QED) is 0.487. The minimum atomic E-state index is -0.320. The van der Waals surface area contributed by atoms with Crippen molar-refractivity contribution in [1.29, 1.82) is 0 Å². The van der Waals surface area contributed by atoms with E-state index in [0.717, 1.165) is 0 Å². The summed E-state index contributed by atoms with van der Waals surface area (Å²) in [5, 5.41) is 20.0. The monoisotopic (exact) mass is 518 g/mol. The molecule has 0 radical (unpaired) electrons. The summed E-state index contributed by atoms with van der Waals surface area (Å²) >= 11 is 9.74. The number of rotatable bonds is 2. The van der Waals surface area contributed by atoms with Crippen molar-refractivity contribution in [2.24, 2.45) is 0 Å². The lowest BCUT2D eigenvalue weighted by atomic mass is 10.1. The van der Waals surface area contributed by atoms with Gasteiger partial charge in [-0.1, -0.05) is 0 Å². The molecular formula is C16H9Br3O5. The Kier molecular flexibility index (Phi) is 4.63. The fourth-order valence-corrected chi connectivity index (χ4v) is 4.17. The maximum atomic E-state index is 12.8. The van der Waals surface area contributed by atoms with Crippen LogP contribution in [-0.4, -0.2) is 17.3 Å². The van der Waals surface area contributed by atoms with Crippen molar-refractivity contribution >= 4 is 58.8 Å². The number of ether oxygens (including phenoxy) is 1. The summed E-state index contributed by atoms with van der Waals surface area (Å²) in [4.78, 5) is 12.8. The van der Waals surface area contributed by atoms with E-state index in [1.807, 2.05) is 0 Å². The van der Waals surface area contributed by atoms with E-state index >= 15 is 0 Å². The Morgan fingerprint density at radius 3 is 2.29 bits per heavy atom. The van der Waals surface area contributed by atoms with E-state index in [1.54, 1.807) is 12.1 Å². The van der Waals surface area contributed by atoms with Crippen LogP contribution >= 0.6 is 47.8 Å². The summed E-state index contributed by atoms with van der Waals surface area (Å²) in [7, 11) is 1.41. The highest BCUT2D eigenvalue weighted by molar-refractivity contribution is 9.11. The molecule has 3 rings (SSSR count). The Hall–Kier alpha value is -1.51. The van der Waals surface area contributed by atoms with Crippen molar-refractivity contribution in [1.82, 2.24) is 0 Å². The smallest absolute Gasteiger partial charge is 0.200 e. The number of benzene rings is 2. The van der Waals surface area contributed by atoms with Crippen LogP contribution < -0.4 is 10.2 Å². The highest BCUT2D eigenvalue weighted by Gasteiger charge is 2.19. The Morgan fingerprint density at radius 1 is 1.08 bits per heavy atom. The molecule has 3 aromatic rings. The molecule has 0 saturated carbocycles. The molecule has 0 spiro atoms. The van der Waals surface area contributed by atoms with Gasteiger partial charge in [0.1, 0.15) is 16.5 Å². The highest BCUT2D eigenvalue weighted by Crippen LogP contribution is 2.41.